The first-order valence-corrected chi connectivity index (χ1v) is 5.75. The molecule has 0 saturated carbocycles. The van der Waals surface area contributed by atoms with E-state index in [-0.39, 0.29) is 5.69 Å². The van der Waals surface area contributed by atoms with Crippen molar-refractivity contribution in [2.24, 2.45) is 0 Å². The molecule has 2 rings (SSSR count). The van der Waals surface area contributed by atoms with Crippen molar-refractivity contribution >= 4 is 5.97 Å². The minimum absolute atomic E-state index is 0.0222. The number of rotatable bonds is 3. The van der Waals surface area contributed by atoms with E-state index in [4.69, 9.17) is 9.84 Å². The molecule has 0 aliphatic carbocycles. The molecule has 2 aromatic rings. The number of ether oxygens (including phenoxy) is 1. The van der Waals surface area contributed by atoms with Gasteiger partial charge in [-0.05, 0) is 32.0 Å². The van der Waals surface area contributed by atoms with E-state index < -0.39 is 5.97 Å². The highest BCUT2D eigenvalue weighted by Crippen LogP contribution is 2.29. The minimum atomic E-state index is -1.07. The molecular formula is C14H14N2O3. The molecule has 0 saturated heterocycles. The highest BCUT2D eigenvalue weighted by atomic mass is 16.5. The van der Waals surface area contributed by atoms with Gasteiger partial charge < -0.3 is 9.84 Å². The third-order valence-corrected chi connectivity index (χ3v) is 2.69. The molecule has 0 unspecified atom stereocenters. The third-order valence-electron chi connectivity index (χ3n) is 2.69. The van der Waals surface area contributed by atoms with Crippen molar-refractivity contribution in [1.29, 1.82) is 0 Å². The lowest BCUT2D eigenvalue weighted by atomic mass is 10.1. The van der Waals surface area contributed by atoms with Crippen LogP contribution in [0, 0.1) is 13.8 Å². The second-order valence-corrected chi connectivity index (χ2v) is 4.19. The summed E-state index contributed by atoms with van der Waals surface area (Å²) in [4.78, 5) is 19.2. The van der Waals surface area contributed by atoms with Gasteiger partial charge in [-0.1, -0.05) is 11.6 Å². The Labute approximate surface area is 110 Å². The van der Waals surface area contributed by atoms with Gasteiger partial charge in [0.05, 0.1) is 12.8 Å². The minimum Gasteiger partial charge on any atom is -0.496 e. The van der Waals surface area contributed by atoms with Gasteiger partial charge in [0.15, 0.2) is 5.69 Å². The lowest BCUT2D eigenvalue weighted by Crippen LogP contribution is -2.04. The molecule has 0 radical (unpaired) electrons. The predicted molar refractivity (Wildman–Crippen MR) is 70.5 cm³/mol. The number of benzene rings is 1. The van der Waals surface area contributed by atoms with Crippen molar-refractivity contribution in [3.63, 3.8) is 0 Å². The molecule has 19 heavy (non-hydrogen) atoms. The first-order valence-electron chi connectivity index (χ1n) is 5.75. The molecule has 1 heterocycles. The summed E-state index contributed by atoms with van der Waals surface area (Å²) in [6, 6.07) is 7.12. The Balaban J connectivity index is 2.64. The maximum atomic E-state index is 11.0. The molecule has 0 spiro atoms. The molecule has 5 nitrogen and oxygen atoms in total. The van der Waals surface area contributed by atoms with Crippen molar-refractivity contribution in [3.8, 4) is 17.0 Å². The van der Waals surface area contributed by atoms with Crippen LogP contribution in [-0.2, 0) is 0 Å². The summed E-state index contributed by atoms with van der Waals surface area (Å²) in [6.45, 7) is 3.62. The second kappa shape index (κ2) is 5.06. The van der Waals surface area contributed by atoms with Crippen molar-refractivity contribution in [2.75, 3.05) is 7.11 Å². The molecular weight excluding hydrogens is 244 g/mol. The number of methoxy groups -OCH3 is 1. The zero-order valence-electron chi connectivity index (χ0n) is 11.0. The quantitative estimate of drug-likeness (QED) is 0.915. The SMILES string of the molecule is COc1ccc(C)cc1-c1cc(C(=O)O)nc(C)n1. The fourth-order valence-electron chi connectivity index (χ4n) is 1.84. The fourth-order valence-corrected chi connectivity index (χ4v) is 1.84. The number of aryl methyl sites for hydroxylation is 2. The molecule has 0 atom stereocenters. The van der Waals surface area contributed by atoms with E-state index >= 15 is 0 Å². The molecule has 1 aromatic carbocycles. The van der Waals surface area contributed by atoms with Crippen LogP contribution in [0.15, 0.2) is 24.3 Å². The Hall–Kier alpha value is -2.43. The molecule has 5 heteroatoms. The zero-order valence-corrected chi connectivity index (χ0v) is 11.0. The highest BCUT2D eigenvalue weighted by Gasteiger charge is 2.13. The Kier molecular flexibility index (Phi) is 3.46. The van der Waals surface area contributed by atoms with E-state index in [2.05, 4.69) is 9.97 Å². The molecule has 0 fully saturated rings. The molecule has 0 aliphatic rings. The summed E-state index contributed by atoms with van der Waals surface area (Å²) in [5, 5.41) is 9.04. The smallest absolute Gasteiger partial charge is 0.354 e. The van der Waals surface area contributed by atoms with Gasteiger partial charge in [-0.15, -0.1) is 0 Å². The van der Waals surface area contributed by atoms with E-state index in [1.54, 1.807) is 14.0 Å². The molecule has 0 aliphatic heterocycles. The highest BCUT2D eigenvalue weighted by molar-refractivity contribution is 5.87. The lowest BCUT2D eigenvalue weighted by Gasteiger charge is -2.10. The summed E-state index contributed by atoms with van der Waals surface area (Å²) in [6.07, 6.45) is 0. The van der Waals surface area contributed by atoms with Gasteiger partial charge in [0, 0.05) is 5.56 Å². The van der Waals surface area contributed by atoms with Crippen molar-refractivity contribution in [3.05, 3.63) is 41.3 Å². The van der Waals surface area contributed by atoms with E-state index in [0.29, 0.717) is 17.3 Å². The largest absolute Gasteiger partial charge is 0.496 e. The van der Waals surface area contributed by atoms with Crippen LogP contribution < -0.4 is 4.74 Å². The monoisotopic (exact) mass is 258 g/mol. The van der Waals surface area contributed by atoms with Crippen LogP contribution in [0.25, 0.3) is 11.3 Å². The second-order valence-electron chi connectivity index (χ2n) is 4.19. The normalized spacial score (nSPS) is 10.3. The summed E-state index contributed by atoms with van der Waals surface area (Å²) in [5.41, 5.74) is 2.33. The lowest BCUT2D eigenvalue weighted by molar-refractivity contribution is 0.0690. The zero-order chi connectivity index (χ0) is 14.0. The van der Waals surface area contributed by atoms with Crippen LogP contribution in [0.4, 0.5) is 0 Å². The fraction of sp³-hybridized carbons (Fsp3) is 0.214. The van der Waals surface area contributed by atoms with Gasteiger partial charge in [0.2, 0.25) is 0 Å². The Morgan fingerprint density at radius 2 is 1.95 bits per heavy atom. The number of carbonyl (C=O) groups is 1. The van der Waals surface area contributed by atoms with Gasteiger partial charge >= 0.3 is 5.97 Å². The molecule has 0 bridgehead atoms. The summed E-state index contributed by atoms with van der Waals surface area (Å²) in [5.74, 6) is -0.00290. The van der Waals surface area contributed by atoms with E-state index in [1.165, 1.54) is 6.07 Å². The van der Waals surface area contributed by atoms with Crippen molar-refractivity contribution < 1.29 is 14.6 Å². The topological polar surface area (TPSA) is 72.3 Å². The molecule has 1 aromatic heterocycles. The van der Waals surface area contributed by atoms with Crippen molar-refractivity contribution in [1.82, 2.24) is 9.97 Å². The number of carboxylic acid groups (broad SMARTS) is 1. The van der Waals surface area contributed by atoms with Crippen LogP contribution in [0.5, 0.6) is 5.75 Å². The summed E-state index contributed by atoms with van der Waals surface area (Å²) < 4.78 is 5.29. The first kappa shape index (κ1) is 13.0. The van der Waals surface area contributed by atoms with Crippen LogP contribution in [0.1, 0.15) is 21.9 Å². The summed E-state index contributed by atoms with van der Waals surface area (Å²) in [7, 11) is 1.57. The van der Waals surface area contributed by atoms with E-state index in [1.807, 2.05) is 25.1 Å². The van der Waals surface area contributed by atoms with Crippen LogP contribution in [0.2, 0.25) is 0 Å². The Bertz CT molecular complexity index is 639. The number of hydrogen-bond donors (Lipinski definition) is 1. The predicted octanol–water partition coefficient (Wildman–Crippen LogP) is 2.47. The van der Waals surface area contributed by atoms with Gasteiger partial charge in [-0.3, -0.25) is 0 Å². The average Bonchev–Trinajstić information content (AvgIpc) is 2.37. The number of nitrogens with zero attached hydrogens (tertiary/aromatic N) is 2. The maximum Gasteiger partial charge on any atom is 0.354 e. The number of hydrogen-bond acceptors (Lipinski definition) is 4. The van der Waals surface area contributed by atoms with E-state index in [0.717, 1.165) is 11.1 Å². The average molecular weight is 258 g/mol. The molecule has 98 valence electrons. The molecule has 1 N–H and O–H groups in total. The number of carboxylic acids is 1. The van der Waals surface area contributed by atoms with Crippen LogP contribution >= 0.6 is 0 Å². The Morgan fingerprint density at radius 3 is 2.58 bits per heavy atom. The van der Waals surface area contributed by atoms with Crippen LogP contribution in [0.3, 0.4) is 0 Å². The summed E-state index contributed by atoms with van der Waals surface area (Å²) >= 11 is 0. The Morgan fingerprint density at radius 1 is 1.21 bits per heavy atom. The number of aromatic nitrogens is 2. The number of aromatic carboxylic acids is 1. The van der Waals surface area contributed by atoms with Crippen LogP contribution in [-0.4, -0.2) is 28.2 Å². The van der Waals surface area contributed by atoms with Gasteiger partial charge in [-0.25, -0.2) is 14.8 Å². The van der Waals surface area contributed by atoms with Gasteiger partial charge in [0.1, 0.15) is 11.6 Å². The maximum absolute atomic E-state index is 11.0. The van der Waals surface area contributed by atoms with E-state index in [9.17, 15) is 4.79 Å². The van der Waals surface area contributed by atoms with Crippen molar-refractivity contribution in [2.45, 2.75) is 13.8 Å². The first-order chi connectivity index (χ1) is 9.01. The third kappa shape index (κ3) is 2.70. The standard InChI is InChI=1S/C14H14N2O3/c1-8-4-5-13(19-3)10(6-8)11-7-12(14(17)18)16-9(2)15-11/h4-7H,1-3H3,(H,17,18). The van der Waals surface area contributed by atoms with Gasteiger partial charge in [-0.2, -0.15) is 0 Å². The van der Waals surface area contributed by atoms with Gasteiger partial charge in [0.25, 0.3) is 0 Å². The molecule has 0 amide bonds.